The number of fused-ring (bicyclic) bond motifs is 3. The Kier molecular flexibility index (Phi) is 4.74. The maximum Gasteiger partial charge on any atom is 0.0179 e. The summed E-state index contributed by atoms with van der Waals surface area (Å²) < 4.78 is 1.02. The van der Waals surface area contributed by atoms with E-state index in [9.17, 15) is 0 Å². The molecule has 0 bridgehead atoms. The molecule has 0 unspecified atom stereocenters. The normalized spacial score (nSPS) is 18.9. The summed E-state index contributed by atoms with van der Waals surface area (Å²) >= 11 is 2.40. The van der Waals surface area contributed by atoms with Crippen LogP contribution in [0.3, 0.4) is 0 Å². The first kappa shape index (κ1) is 17.5. The molecule has 2 aromatic rings. The molecule has 0 saturated carbocycles. The van der Waals surface area contributed by atoms with Crippen LogP contribution in [0.4, 0.5) is 0 Å². The Morgan fingerprint density at radius 2 is 1.85 bits per heavy atom. The molecular formula is C25H23I. The summed E-state index contributed by atoms with van der Waals surface area (Å²) in [6, 6.07) is 15.9. The highest BCUT2D eigenvalue weighted by Gasteiger charge is 2.35. The predicted octanol–water partition coefficient (Wildman–Crippen LogP) is 7.25. The third-order valence-corrected chi connectivity index (χ3v) is 6.00. The van der Waals surface area contributed by atoms with Gasteiger partial charge >= 0.3 is 0 Å². The van der Waals surface area contributed by atoms with Crippen molar-refractivity contribution in [2.45, 2.75) is 25.7 Å². The molecule has 0 N–H and O–H groups in total. The van der Waals surface area contributed by atoms with Gasteiger partial charge in [0.25, 0.3) is 0 Å². The molecule has 26 heavy (non-hydrogen) atoms. The first-order valence-corrected chi connectivity index (χ1v) is 10.7. The SMILES string of the molecule is CC1(C)c2ccccc2-c2ccc(C(/C=C\CI)=C3\C=CC=CC3)cc21. The van der Waals surface area contributed by atoms with Crippen LogP contribution in [0.2, 0.25) is 0 Å². The number of allylic oxidation sites excluding steroid dienone is 8. The molecule has 0 aliphatic heterocycles. The van der Waals surface area contributed by atoms with Crippen molar-refractivity contribution < 1.29 is 0 Å². The van der Waals surface area contributed by atoms with E-state index in [1.165, 1.54) is 39.0 Å². The molecule has 0 heterocycles. The molecule has 0 atom stereocenters. The predicted molar refractivity (Wildman–Crippen MR) is 122 cm³/mol. The van der Waals surface area contributed by atoms with Gasteiger partial charge in [0.1, 0.15) is 0 Å². The van der Waals surface area contributed by atoms with Gasteiger partial charge in [-0.1, -0.05) is 109 Å². The summed E-state index contributed by atoms with van der Waals surface area (Å²) in [7, 11) is 0. The van der Waals surface area contributed by atoms with Crippen LogP contribution in [0.1, 0.15) is 37.0 Å². The third-order valence-electron chi connectivity index (χ3n) is 5.50. The number of benzene rings is 2. The van der Waals surface area contributed by atoms with E-state index in [-0.39, 0.29) is 5.41 Å². The van der Waals surface area contributed by atoms with Crippen LogP contribution in [0.25, 0.3) is 16.7 Å². The van der Waals surface area contributed by atoms with Gasteiger partial charge in [0, 0.05) is 9.84 Å². The molecule has 0 saturated heterocycles. The highest BCUT2D eigenvalue weighted by Crippen LogP contribution is 2.49. The summed E-state index contributed by atoms with van der Waals surface area (Å²) in [5, 5.41) is 0. The van der Waals surface area contributed by atoms with Crippen molar-refractivity contribution in [2.75, 3.05) is 4.43 Å². The van der Waals surface area contributed by atoms with Crippen LogP contribution in [0, 0.1) is 0 Å². The minimum Gasteiger partial charge on any atom is -0.0818 e. The standard InChI is InChI=1S/C25H23I/c1-25(2)23-13-7-6-11-21(23)22-15-14-19(17-24(22)25)20(12-8-16-26)18-9-4-3-5-10-18/h3-9,11-15,17H,10,16H2,1-2H3/b12-8-,20-18+. The van der Waals surface area contributed by atoms with E-state index in [0.717, 1.165) is 10.8 Å². The van der Waals surface area contributed by atoms with Gasteiger partial charge in [0.15, 0.2) is 0 Å². The molecule has 0 spiro atoms. The molecule has 130 valence electrons. The fourth-order valence-electron chi connectivity index (χ4n) is 4.14. The highest BCUT2D eigenvalue weighted by molar-refractivity contribution is 14.1. The molecule has 0 amide bonds. The van der Waals surface area contributed by atoms with E-state index in [4.69, 9.17) is 0 Å². The van der Waals surface area contributed by atoms with Crippen molar-refractivity contribution >= 4 is 28.2 Å². The zero-order chi connectivity index (χ0) is 18.1. The average molecular weight is 450 g/mol. The van der Waals surface area contributed by atoms with Crippen molar-refractivity contribution in [3.05, 3.63) is 101 Å². The van der Waals surface area contributed by atoms with Crippen molar-refractivity contribution in [2.24, 2.45) is 0 Å². The molecular weight excluding hydrogens is 427 g/mol. The van der Waals surface area contributed by atoms with Crippen LogP contribution < -0.4 is 0 Å². The van der Waals surface area contributed by atoms with Crippen molar-refractivity contribution in [1.29, 1.82) is 0 Å². The highest BCUT2D eigenvalue weighted by atomic mass is 127. The summed E-state index contributed by atoms with van der Waals surface area (Å²) in [4.78, 5) is 0. The second kappa shape index (κ2) is 7.03. The lowest BCUT2D eigenvalue weighted by Gasteiger charge is -2.22. The molecule has 0 nitrogen and oxygen atoms in total. The monoisotopic (exact) mass is 450 g/mol. The van der Waals surface area contributed by atoms with Gasteiger partial charge in [-0.15, -0.1) is 0 Å². The Morgan fingerprint density at radius 3 is 2.62 bits per heavy atom. The van der Waals surface area contributed by atoms with Crippen LogP contribution >= 0.6 is 22.6 Å². The Bertz CT molecular complexity index is 967. The van der Waals surface area contributed by atoms with Crippen LogP contribution in [0.15, 0.2) is 84.5 Å². The first-order chi connectivity index (χ1) is 12.6. The maximum absolute atomic E-state index is 2.42. The minimum absolute atomic E-state index is 0.0486. The van der Waals surface area contributed by atoms with Gasteiger partial charge < -0.3 is 0 Å². The Hall–Kier alpha value is -1.87. The van der Waals surface area contributed by atoms with Crippen molar-refractivity contribution in [3.8, 4) is 11.1 Å². The quantitative estimate of drug-likeness (QED) is 0.341. The fraction of sp³-hybridized carbons (Fsp3) is 0.200. The average Bonchev–Trinajstić information content (AvgIpc) is 2.91. The number of hydrogen-bond donors (Lipinski definition) is 0. The maximum atomic E-state index is 2.42. The summed E-state index contributed by atoms with van der Waals surface area (Å²) in [6.07, 6.45) is 14.3. The lowest BCUT2D eigenvalue weighted by atomic mass is 9.81. The molecule has 2 aromatic carbocycles. The fourth-order valence-corrected chi connectivity index (χ4v) is 4.39. The zero-order valence-electron chi connectivity index (χ0n) is 15.3. The molecule has 0 radical (unpaired) electrons. The van der Waals surface area contributed by atoms with E-state index < -0.39 is 0 Å². The second-order valence-corrected chi connectivity index (χ2v) is 8.30. The largest absolute Gasteiger partial charge is 0.0818 e. The van der Waals surface area contributed by atoms with Crippen LogP contribution in [-0.2, 0) is 5.41 Å². The van der Waals surface area contributed by atoms with E-state index >= 15 is 0 Å². The summed E-state index contributed by atoms with van der Waals surface area (Å²) in [5.41, 5.74) is 9.75. The Labute approximate surface area is 170 Å². The first-order valence-electron chi connectivity index (χ1n) is 9.16. The van der Waals surface area contributed by atoms with Crippen molar-refractivity contribution in [3.63, 3.8) is 0 Å². The molecule has 2 aliphatic carbocycles. The zero-order valence-corrected chi connectivity index (χ0v) is 17.5. The van der Waals surface area contributed by atoms with Gasteiger partial charge in [-0.25, -0.2) is 0 Å². The number of halogens is 1. The molecule has 2 aliphatic rings. The smallest absolute Gasteiger partial charge is 0.0179 e. The molecule has 4 rings (SSSR count). The Balaban J connectivity index is 1.87. The van der Waals surface area contributed by atoms with Gasteiger partial charge in [-0.2, -0.15) is 0 Å². The lowest BCUT2D eigenvalue weighted by Crippen LogP contribution is -2.15. The molecule has 1 heteroatoms. The summed E-state index contributed by atoms with van der Waals surface area (Å²) in [5.74, 6) is 0. The van der Waals surface area contributed by atoms with Gasteiger partial charge in [-0.3, -0.25) is 0 Å². The van der Waals surface area contributed by atoms with E-state index in [0.29, 0.717) is 0 Å². The van der Waals surface area contributed by atoms with Gasteiger partial charge in [-0.05, 0) is 51.5 Å². The lowest BCUT2D eigenvalue weighted by molar-refractivity contribution is 0.660. The van der Waals surface area contributed by atoms with E-state index in [1.807, 2.05) is 0 Å². The van der Waals surface area contributed by atoms with Gasteiger partial charge in [0.2, 0.25) is 0 Å². The van der Waals surface area contributed by atoms with Crippen LogP contribution in [-0.4, -0.2) is 4.43 Å². The number of hydrogen-bond acceptors (Lipinski definition) is 0. The number of alkyl halides is 1. The summed E-state index contributed by atoms with van der Waals surface area (Å²) in [6.45, 7) is 4.69. The number of rotatable bonds is 3. The minimum atomic E-state index is 0.0486. The van der Waals surface area contributed by atoms with Crippen LogP contribution in [0.5, 0.6) is 0 Å². The van der Waals surface area contributed by atoms with Gasteiger partial charge in [0.05, 0.1) is 0 Å². The van der Waals surface area contributed by atoms with Crippen molar-refractivity contribution in [1.82, 2.24) is 0 Å². The Morgan fingerprint density at radius 1 is 1.04 bits per heavy atom. The third kappa shape index (κ3) is 2.92. The van der Waals surface area contributed by atoms with E-state index in [1.54, 1.807) is 0 Å². The molecule has 0 fully saturated rings. The van der Waals surface area contributed by atoms with E-state index in [2.05, 4.69) is 115 Å². The topological polar surface area (TPSA) is 0 Å². The molecule has 0 aromatic heterocycles. The second-order valence-electron chi connectivity index (χ2n) is 7.42.